The summed E-state index contributed by atoms with van der Waals surface area (Å²) in [5.74, 6) is 0. The number of aliphatic hydroxyl groups excluding tert-OH is 1. The maximum atomic E-state index is 9.12. The van der Waals surface area contributed by atoms with E-state index in [4.69, 9.17) is 5.11 Å². The van der Waals surface area contributed by atoms with Gasteiger partial charge in [0.15, 0.2) is 0 Å². The number of rotatable bonds is 2. The third-order valence-electron chi connectivity index (χ3n) is 3.92. The normalized spacial score (nSPS) is 11.8. The first-order valence-corrected chi connectivity index (χ1v) is 6.64. The predicted molar refractivity (Wildman–Crippen MR) is 80.9 cm³/mol. The zero-order valence-electron chi connectivity index (χ0n) is 10.6. The van der Waals surface area contributed by atoms with Gasteiger partial charge in [-0.1, -0.05) is 54.6 Å². The van der Waals surface area contributed by atoms with Gasteiger partial charge in [-0.05, 0) is 44.3 Å². The molecule has 0 atom stereocenters. The van der Waals surface area contributed by atoms with E-state index in [-0.39, 0.29) is 6.61 Å². The van der Waals surface area contributed by atoms with Crippen LogP contribution in [0.3, 0.4) is 0 Å². The van der Waals surface area contributed by atoms with Gasteiger partial charge in [0.2, 0.25) is 0 Å². The van der Waals surface area contributed by atoms with Crippen LogP contribution in [0, 0.1) is 0 Å². The molecular weight excluding hydrogens is 232 g/mol. The van der Waals surface area contributed by atoms with Crippen LogP contribution in [-0.4, -0.2) is 11.7 Å². The molecule has 0 aliphatic rings. The average molecular weight is 246 g/mol. The molecule has 19 heavy (non-hydrogen) atoms. The maximum absolute atomic E-state index is 9.12. The molecule has 0 saturated carbocycles. The van der Waals surface area contributed by atoms with E-state index in [9.17, 15) is 0 Å². The summed E-state index contributed by atoms with van der Waals surface area (Å²) in [6, 6.07) is 19.6. The molecule has 0 saturated heterocycles. The third kappa shape index (κ3) is 1.52. The molecule has 1 N–H and O–H groups in total. The zero-order chi connectivity index (χ0) is 12.8. The molecular formula is C18H14O. The summed E-state index contributed by atoms with van der Waals surface area (Å²) < 4.78 is 0. The van der Waals surface area contributed by atoms with Crippen molar-refractivity contribution in [2.75, 3.05) is 6.61 Å². The second-order valence-electron chi connectivity index (χ2n) is 5.10. The van der Waals surface area contributed by atoms with Gasteiger partial charge in [0.25, 0.3) is 0 Å². The Bertz CT molecular complexity index is 813. The van der Waals surface area contributed by atoms with E-state index in [2.05, 4.69) is 54.6 Å². The molecule has 0 fully saturated rings. The molecule has 0 heterocycles. The SMILES string of the molecule is OCCc1cc2ccc3cccc4ccc(c1)c2c34. The summed E-state index contributed by atoms with van der Waals surface area (Å²) in [4.78, 5) is 0. The second kappa shape index (κ2) is 3.94. The van der Waals surface area contributed by atoms with Crippen molar-refractivity contribution in [3.05, 3.63) is 60.2 Å². The summed E-state index contributed by atoms with van der Waals surface area (Å²) >= 11 is 0. The van der Waals surface area contributed by atoms with Crippen LogP contribution in [0.2, 0.25) is 0 Å². The van der Waals surface area contributed by atoms with Gasteiger partial charge in [-0.15, -0.1) is 0 Å². The summed E-state index contributed by atoms with van der Waals surface area (Å²) in [5, 5.41) is 17.0. The number of hydrogen-bond acceptors (Lipinski definition) is 1. The molecule has 0 aliphatic heterocycles. The van der Waals surface area contributed by atoms with E-state index in [1.54, 1.807) is 0 Å². The molecule has 0 amide bonds. The highest BCUT2D eigenvalue weighted by Gasteiger charge is 2.08. The van der Waals surface area contributed by atoms with E-state index in [0.717, 1.165) is 6.42 Å². The Morgan fingerprint density at radius 1 is 0.684 bits per heavy atom. The van der Waals surface area contributed by atoms with Gasteiger partial charge in [0.1, 0.15) is 0 Å². The van der Waals surface area contributed by atoms with Crippen molar-refractivity contribution >= 4 is 32.3 Å². The first kappa shape index (κ1) is 10.8. The summed E-state index contributed by atoms with van der Waals surface area (Å²) in [6.07, 6.45) is 0.719. The van der Waals surface area contributed by atoms with Gasteiger partial charge >= 0.3 is 0 Å². The molecule has 1 nitrogen and oxygen atoms in total. The van der Waals surface area contributed by atoms with E-state index in [1.807, 2.05) is 0 Å². The Labute approximate surface area is 111 Å². The highest BCUT2D eigenvalue weighted by atomic mass is 16.2. The van der Waals surface area contributed by atoms with Crippen molar-refractivity contribution in [3.8, 4) is 0 Å². The highest BCUT2D eigenvalue weighted by molar-refractivity contribution is 6.23. The summed E-state index contributed by atoms with van der Waals surface area (Å²) in [7, 11) is 0. The molecule has 92 valence electrons. The molecule has 1 heteroatoms. The van der Waals surface area contributed by atoms with Crippen LogP contribution in [-0.2, 0) is 6.42 Å². The van der Waals surface area contributed by atoms with Gasteiger partial charge in [-0.25, -0.2) is 0 Å². The Kier molecular flexibility index (Phi) is 2.23. The lowest BCUT2D eigenvalue weighted by Gasteiger charge is -2.12. The van der Waals surface area contributed by atoms with Crippen LogP contribution in [0.1, 0.15) is 5.56 Å². The molecule has 0 aromatic heterocycles. The van der Waals surface area contributed by atoms with Gasteiger partial charge in [0, 0.05) is 6.61 Å². The van der Waals surface area contributed by atoms with Crippen molar-refractivity contribution in [1.82, 2.24) is 0 Å². The smallest absolute Gasteiger partial charge is 0.0471 e. The number of hydrogen-bond donors (Lipinski definition) is 1. The van der Waals surface area contributed by atoms with Crippen LogP contribution in [0.25, 0.3) is 32.3 Å². The van der Waals surface area contributed by atoms with E-state index >= 15 is 0 Å². The summed E-state index contributed by atoms with van der Waals surface area (Å²) in [6.45, 7) is 0.202. The largest absolute Gasteiger partial charge is 0.396 e. The standard InChI is InChI=1S/C18H14O/c19-9-8-12-10-15-6-4-13-2-1-3-14-5-7-16(11-12)18(15)17(13)14/h1-7,10-11,19H,8-9H2. The Balaban J connectivity index is 2.22. The van der Waals surface area contributed by atoms with Gasteiger partial charge < -0.3 is 5.11 Å². The molecule has 0 radical (unpaired) electrons. The van der Waals surface area contributed by atoms with Crippen LogP contribution in [0.5, 0.6) is 0 Å². The van der Waals surface area contributed by atoms with Gasteiger partial charge in [-0.3, -0.25) is 0 Å². The Morgan fingerprint density at radius 2 is 1.21 bits per heavy atom. The molecule has 4 rings (SSSR count). The Morgan fingerprint density at radius 3 is 1.79 bits per heavy atom. The quantitative estimate of drug-likeness (QED) is 0.527. The predicted octanol–water partition coefficient (Wildman–Crippen LogP) is 4.12. The van der Waals surface area contributed by atoms with Crippen molar-refractivity contribution in [2.24, 2.45) is 0 Å². The van der Waals surface area contributed by atoms with Crippen molar-refractivity contribution in [3.63, 3.8) is 0 Å². The van der Waals surface area contributed by atoms with Crippen LogP contribution < -0.4 is 0 Å². The average Bonchev–Trinajstić information content (AvgIpc) is 2.45. The molecule has 0 spiro atoms. The van der Waals surface area contributed by atoms with E-state index in [0.29, 0.717) is 0 Å². The van der Waals surface area contributed by atoms with Crippen LogP contribution in [0.15, 0.2) is 54.6 Å². The topological polar surface area (TPSA) is 20.2 Å². The molecule has 4 aromatic carbocycles. The van der Waals surface area contributed by atoms with Gasteiger partial charge in [-0.2, -0.15) is 0 Å². The summed E-state index contributed by atoms with van der Waals surface area (Å²) in [5.41, 5.74) is 1.20. The fourth-order valence-corrected chi connectivity index (χ4v) is 3.09. The molecule has 4 aromatic rings. The maximum Gasteiger partial charge on any atom is 0.0471 e. The lowest BCUT2D eigenvalue weighted by Crippen LogP contribution is -1.92. The Hall–Kier alpha value is -2.12. The fourth-order valence-electron chi connectivity index (χ4n) is 3.09. The van der Waals surface area contributed by atoms with E-state index in [1.165, 1.54) is 37.9 Å². The second-order valence-corrected chi connectivity index (χ2v) is 5.10. The van der Waals surface area contributed by atoms with Crippen LogP contribution >= 0.6 is 0 Å². The molecule has 0 aliphatic carbocycles. The lowest BCUT2D eigenvalue weighted by molar-refractivity contribution is 0.299. The minimum absolute atomic E-state index is 0.202. The first-order valence-electron chi connectivity index (χ1n) is 6.64. The van der Waals surface area contributed by atoms with Crippen LogP contribution in [0.4, 0.5) is 0 Å². The van der Waals surface area contributed by atoms with Crippen molar-refractivity contribution in [2.45, 2.75) is 6.42 Å². The third-order valence-corrected chi connectivity index (χ3v) is 3.92. The lowest BCUT2D eigenvalue weighted by atomic mass is 9.92. The zero-order valence-corrected chi connectivity index (χ0v) is 10.6. The minimum atomic E-state index is 0.202. The van der Waals surface area contributed by atoms with Crippen molar-refractivity contribution in [1.29, 1.82) is 0 Å². The van der Waals surface area contributed by atoms with Gasteiger partial charge in [0.05, 0.1) is 0 Å². The monoisotopic (exact) mass is 246 g/mol. The fraction of sp³-hybridized carbons (Fsp3) is 0.111. The number of aliphatic hydroxyl groups is 1. The van der Waals surface area contributed by atoms with Crippen molar-refractivity contribution < 1.29 is 5.11 Å². The highest BCUT2D eigenvalue weighted by Crippen LogP contribution is 2.34. The molecule has 0 unspecified atom stereocenters. The minimum Gasteiger partial charge on any atom is -0.396 e. The van der Waals surface area contributed by atoms with E-state index < -0.39 is 0 Å². The molecule has 0 bridgehead atoms. The first-order chi connectivity index (χ1) is 9.36. The number of benzene rings is 4.